The number of halogens is 1. The molecule has 8 heteroatoms. The van der Waals surface area contributed by atoms with E-state index in [4.69, 9.17) is 4.84 Å². The third-order valence-corrected chi connectivity index (χ3v) is 9.54. The maximum absolute atomic E-state index is 14.3. The van der Waals surface area contributed by atoms with E-state index in [0.717, 1.165) is 66.7 Å². The molecule has 5 atom stereocenters. The van der Waals surface area contributed by atoms with Gasteiger partial charge in [-0.2, -0.15) is 0 Å². The fourth-order valence-electron chi connectivity index (χ4n) is 7.30. The monoisotopic (exact) mass is 499 g/mol. The highest BCUT2D eigenvalue weighted by atomic mass is 32.1. The molecule has 6 nitrogen and oxygen atoms in total. The van der Waals surface area contributed by atoms with E-state index in [1.54, 1.807) is 25.4 Å². The summed E-state index contributed by atoms with van der Waals surface area (Å²) in [4.78, 5) is 23.0. The van der Waals surface area contributed by atoms with Gasteiger partial charge in [0.25, 0.3) is 0 Å². The number of aromatic hydroxyl groups is 1. The third kappa shape index (κ3) is 4.46. The molecule has 2 aromatic rings. The molecule has 2 fully saturated rings. The Morgan fingerprint density at radius 1 is 1.40 bits per heavy atom. The molecule has 1 heterocycles. The van der Waals surface area contributed by atoms with E-state index in [1.165, 1.54) is 11.3 Å². The molecule has 0 saturated heterocycles. The summed E-state index contributed by atoms with van der Waals surface area (Å²) in [5.41, 5.74) is 3.27. The first-order chi connectivity index (χ1) is 16.8. The van der Waals surface area contributed by atoms with Gasteiger partial charge in [-0.3, -0.25) is 4.79 Å². The first-order valence-electron chi connectivity index (χ1n) is 12.6. The number of thiazole rings is 1. The molecule has 1 aromatic heterocycles. The van der Waals surface area contributed by atoms with Gasteiger partial charge in [-0.15, -0.1) is 11.3 Å². The molecule has 2 saturated carbocycles. The van der Waals surface area contributed by atoms with Gasteiger partial charge >= 0.3 is 0 Å². The number of aryl methyl sites for hydroxylation is 2. The number of fused-ring (bicyclic) bond motifs is 5. The summed E-state index contributed by atoms with van der Waals surface area (Å²) in [6.07, 6.45) is 8.75. The highest BCUT2D eigenvalue weighted by molar-refractivity contribution is 7.15. The van der Waals surface area contributed by atoms with Crippen molar-refractivity contribution in [1.29, 1.82) is 0 Å². The molecule has 3 aliphatic carbocycles. The third-order valence-electron chi connectivity index (χ3n) is 8.71. The molecule has 0 radical (unpaired) electrons. The number of phenols is 1. The number of rotatable bonds is 6. The number of oxime groups is 1. The SMILES string of the molecule is CO/N=C1\C[C@@H](CCCC(=O)Nc2ncc(C)s2)C2C3CCc4cc(O)c(F)cc4C3CC[C@]12C. The minimum Gasteiger partial charge on any atom is -0.505 e. The Morgan fingerprint density at radius 2 is 2.23 bits per heavy atom. The minimum absolute atomic E-state index is 0.00860. The van der Waals surface area contributed by atoms with E-state index in [9.17, 15) is 14.3 Å². The summed E-state index contributed by atoms with van der Waals surface area (Å²) in [5.74, 6) is 0.810. The van der Waals surface area contributed by atoms with Crippen LogP contribution < -0.4 is 5.32 Å². The molecule has 3 unspecified atom stereocenters. The molecule has 5 rings (SSSR count). The number of carbonyl (C=O) groups excluding carboxylic acids is 1. The van der Waals surface area contributed by atoms with Gasteiger partial charge in [-0.05, 0) is 98.8 Å². The number of carbonyl (C=O) groups is 1. The smallest absolute Gasteiger partial charge is 0.226 e. The second kappa shape index (κ2) is 9.52. The summed E-state index contributed by atoms with van der Waals surface area (Å²) >= 11 is 1.49. The number of nitrogens with one attached hydrogen (secondary N) is 1. The molecule has 0 bridgehead atoms. The Hall–Kier alpha value is -2.48. The Kier molecular flexibility index (Phi) is 6.59. The van der Waals surface area contributed by atoms with E-state index in [1.807, 2.05) is 6.92 Å². The van der Waals surface area contributed by atoms with Crippen LogP contribution in [-0.2, 0) is 16.1 Å². The summed E-state index contributed by atoms with van der Waals surface area (Å²) in [5, 5.41) is 17.9. The Labute approximate surface area is 210 Å². The number of anilines is 1. The summed E-state index contributed by atoms with van der Waals surface area (Å²) in [6, 6.07) is 3.20. The summed E-state index contributed by atoms with van der Waals surface area (Å²) < 4.78 is 14.3. The number of phenolic OH excluding ortho intramolecular Hbond substituents is 1. The van der Waals surface area contributed by atoms with Crippen molar-refractivity contribution in [3.05, 3.63) is 40.2 Å². The molecule has 1 amide bonds. The molecule has 35 heavy (non-hydrogen) atoms. The van der Waals surface area contributed by atoms with Gasteiger partial charge in [0.05, 0.1) is 5.71 Å². The number of hydrogen-bond donors (Lipinski definition) is 2. The molecule has 0 aliphatic heterocycles. The number of amides is 1. The highest BCUT2D eigenvalue weighted by Gasteiger charge is 2.57. The van der Waals surface area contributed by atoms with Crippen molar-refractivity contribution in [2.45, 2.75) is 71.1 Å². The number of hydrogen-bond acceptors (Lipinski definition) is 6. The Bertz CT molecular complexity index is 1150. The van der Waals surface area contributed by atoms with E-state index >= 15 is 0 Å². The fourth-order valence-corrected chi connectivity index (χ4v) is 7.98. The highest BCUT2D eigenvalue weighted by Crippen LogP contribution is 2.62. The van der Waals surface area contributed by atoms with E-state index in [-0.39, 0.29) is 17.1 Å². The van der Waals surface area contributed by atoms with Crippen LogP contribution in [-0.4, -0.2) is 28.8 Å². The van der Waals surface area contributed by atoms with Crippen LogP contribution in [0.15, 0.2) is 23.5 Å². The van der Waals surface area contributed by atoms with Crippen LogP contribution in [0.25, 0.3) is 0 Å². The fraction of sp³-hybridized carbons (Fsp3) is 0.593. The van der Waals surface area contributed by atoms with Crippen molar-refractivity contribution in [2.24, 2.45) is 28.3 Å². The maximum Gasteiger partial charge on any atom is 0.226 e. The largest absolute Gasteiger partial charge is 0.505 e. The average Bonchev–Trinajstić information content (AvgIpc) is 3.35. The zero-order valence-corrected chi connectivity index (χ0v) is 21.5. The van der Waals surface area contributed by atoms with Gasteiger partial charge in [0.15, 0.2) is 16.7 Å². The van der Waals surface area contributed by atoms with Crippen molar-refractivity contribution in [3.8, 4) is 5.75 Å². The lowest BCUT2D eigenvalue weighted by Gasteiger charge is -2.50. The zero-order chi connectivity index (χ0) is 24.7. The number of aromatic nitrogens is 1. The molecule has 3 aliphatic rings. The van der Waals surface area contributed by atoms with Crippen LogP contribution in [0.5, 0.6) is 5.75 Å². The standard InChI is InChI=1S/C27H34FN3O3S/c1-15-14-29-26(35-15)30-24(33)6-4-5-17-12-23(31-34-3)27(2)10-9-18-19(25(17)27)8-7-16-11-22(32)21(28)13-20(16)18/h11,13-14,17-19,25,32H,4-10,12H2,1-3H3,(H,29,30,33)/b31-23+/t17-,18?,19?,25?,27-/m1/s1. The number of benzene rings is 1. The van der Waals surface area contributed by atoms with Crippen LogP contribution in [0.3, 0.4) is 0 Å². The first-order valence-corrected chi connectivity index (χ1v) is 13.5. The summed E-state index contributed by atoms with van der Waals surface area (Å²) in [6.45, 7) is 4.30. The van der Waals surface area contributed by atoms with Crippen LogP contribution in [0.4, 0.5) is 9.52 Å². The van der Waals surface area contributed by atoms with Crippen LogP contribution in [0.1, 0.15) is 73.8 Å². The minimum atomic E-state index is -0.524. The van der Waals surface area contributed by atoms with Crippen LogP contribution in [0.2, 0.25) is 0 Å². The topological polar surface area (TPSA) is 83.8 Å². The van der Waals surface area contributed by atoms with Crippen molar-refractivity contribution in [2.75, 3.05) is 12.4 Å². The summed E-state index contributed by atoms with van der Waals surface area (Å²) in [7, 11) is 1.61. The lowest BCUT2D eigenvalue weighted by molar-refractivity contribution is -0.116. The Balaban J connectivity index is 1.33. The molecule has 1 aromatic carbocycles. The first kappa shape index (κ1) is 24.2. The molecule has 2 N–H and O–H groups in total. The van der Waals surface area contributed by atoms with Crippen molar-refractivity contribution >= 4 is 28.1 Å². The second-order valence-corrected chi connectivity index (χ2v) is 11.9. The van der Waals surface area contributed by atoms with Crippen molar-refractivity contribution < 1.29 is 19.1 Å². The molecule has 0 spiro atoms. The van der Waals surface area contributed by atoms with Crippen LogP contribution >= 0.6 is 11.3 Å². The van der Waals surface area contributed by atoms with E-state index in [0.29, 0.717) is 35.2 Å². The lowest BCUT2D eigenvalue weighted by Crippen LogP contribution is -2.44. The molecular weight excluding hydrogens is 465 g/mol. The van der Waals surface area contributed by atoms with Crippen molar-refractivity contribution in [1.82, 2.24) is 4.98 Å². The molecule has 188 valence electrons. The normalized spacial score (nSPS) is 30.5. The van der Waals surface area contributed by atoms with Gasteiger partial charge in [0.1, 0.15) is 7.11 Å². The predicted molar refractivity (Wildman–Crippen MR) is 135 cm³/mol. The maximum atomic E-state index is 14.3. The van der Waals surface area contributed by atoms with Gasteiger partial charge in [-0.1, -0.05) is 12.1 Å². The van der Waals surface area contributed by atoms with Gasteiger partial charge in [0.2, 0.25) is 5.91 Å². The molecular formula is C27H34FN3O3S. The zero-order valence-electron chi connectivity index (χ0n) is 20.6. The second-order valence-electron chi connectivity index (χ2n) is 10.7. The van der Waals surface area contributed by atoms with E-state index < -0.39 is 5.82 Å². The van der Waals surface area contributed by atoms with Gasteiger partial charge in [-0.25, -0.2) is 9.37 Å². The predicted octanol–water partition coefficient (Wildman–Crippen LogP) is 6.19. The number of nitrogens with zero attached hydrogens (tertiary/aromatic N) is 2. The van der Waals surface area contributed by atoms with Crippen molar-refractivity contribution in [3.63, 3.8) is 0 Å². The quantitative estimate of drug-likeness (QED) is 0.464. The van der Waals surface area contributed by atoms with Crippen LogP contribution in [0, 0.1) is 35.9 Å². The van der Waals surface area contributed by atoms with E-state index in [2.05, 4.69) is 22.4 Å². The van der Waals surface area contributed by atoms with Gasteiger partial charge in [0, 0.05) is 22.9 Å². The average molecular weight is 500 g/mol. The van der Waals surface area contributed by atoms with Gasteiger partial charge < -0.3 is 15.3 Å². The lowest BCUT2D eigenvalue weighted by atomic mass is 9.54. The Morgan fingerprint density at radius 3 is 2.97 bits per heavy atom.